The molecule has 0 radical (unpaired) electrons. The first-order chi connectivity index (χ1) is 14.2. The molecule has 30 heavy (non-hydrogen) atoms. The molecule has 1 saturated carbocycles. The molecule has 2 aromatic carbocycles. The van der Waals surface area contributed by atoms with Crippen molar-refractivity contribution in [1.82, 2.24) is 0 Å². The van der Waals surface area contributed by atoms with Gasteiger partial charge in [0.1, 0.15) is 0 Å². The van der Waals surface area contributed by atoms with E-state index in [2.05, 4.69) is 0 Å². The summed E-state index contributed by atoms with van der Waals surface area (Å²) in [5.74, 6) is -2.37. The molecule has 4 nitrogen and oxygen atoms in total. The number of benzene rings is 2. The molecule has 1 atom stereocenters. The number of hydrogen-bond acceptors (Lipinski definition) is 4. The summed E-state index contributed by atoms with van der Waals surface area (Å²) in [4.78, 5) is 12.0. The van der Waals surface area contributed by atoms with Crippen molar-refractivity contribution in [3.8, 4) is 11.1 Å². The Bertz CT molecular complexity index is 971. The fraction of sp³-hybridized carbons (Fsp3) is 0.348. The minimum absolute atomic E-state index is 0.170. The fourth-order valence-electron chi connectivity index (χ4n) is 4.49. The predicted octanol–water partition coefficient (Wildman–Crippen LogP) is 6.03. The third kappa shape index (κ3) is 3.32. The average molecular weight is 418 g/mol. The van der Waals surface area contributed by atoms with Gasteiger partial charge in [0, 0.05) is 11.5 Å². The predicted molar refractivity (Wildman–Crippen MR) is 104 cm³/mol. The number of carbonyl (C=O) groups is 1. The summed E-state index contributed by atoms with van der Waals surface area (Å²) in [5.41, 5.74) is -0.335. The molecule has 2 aliphatic rings. The first kappa shape index (κ1) is 20.3. The smallest absolute Gasteiger partial charge is 0.416 e. The molecule has 2 aromatic rings. The van der Waals surface area contributed by atoms with Gasteiger partial charge in [-0.1, -0.05) is 55.7 Å². The summed E-state index contributed by atoms with van der Waals surface area (Å²) in [7, 11) is 0. The normalized spacial score (nSPS) is 23.0. The van der Waals surface area contributed by atoms with E-state index in [1.807, 2.05) is 0 Å². The summed E-state index contributed by atoms with van der Waals surface area (Å²) < 4.78 is 43.9. The number of halogens is 3. The van der Waals surface area contributed by atoms with Gasteiger partial charge < -0.3 is 14.9 Å². The average Bonchev–Trinajstić information content (AvgIpc) is 2.99. The van der Waals surface area contributed by atoms with Crippen molar-refractivity contribution in [2.45, 2.75) is 43.9 Å². The van der Waals surface area contributed by atoms with E-state index in [-0.39, 0.29) is 5.92 Å². The quantitative estimate of drug-likeness (QED) is 0.597. The van der Waals surface area contributed by atoms with Crippen molar-refractivity contribution in [3.05, 3.63) is 71.2 Å². The molecular formula is C23H21F3O4. The molecule has 1 fully saturated rings. The van der Waals surface area contributed by atoms with Crippen LogP contribution in [0.2, 0.25) is 0 Å². The van der Waals surface area contributed by atoms with Crippen molar-refractivity contribution in [2.75, 3.05) is 0 Å². The lowest BCUT2D eigenvalue weighted by atomic mass is 9.72. The molecule has 2 N–H and O–H groups in total. The Hall–Kier alpha value is -2.96. The van der Waals surface area contributed by atoms with Gasteiger partial charge in [-0.05, 0) is 36.1 Å². The van der Waals surface area contributed by atoms with Gasteiger partial charge in [-0.15, -0.1) is 0 Å². The summed E-state index contributed by atoms with van der Waals surface area (Å²) in [6.07, 6.45) is 0.0106. The number of cyclic esters (lactones) is 1. The highest BCUT2D eigenvalue weighted by Crippen LogP contribution is 2.50. The SMILES string of the molecule is O=C1OC(c2ccc(-c3ccc(C(F)(F)F)cc3)cc2)(C2CCCCC2)C(O)=C1O. The molecule has 1 aliphatic carbocycles. The summed E-state index contributed by atoms with van der Waals surface area (Å²) in [5, 5.41) is 20.6. The van der Waals surface area contributed by atoms with Crippen LogP contribution in [0.1, 0.15) is 43.2 Å². The maximum absolute atomic E-state index is 12.8. The summed E-state index contributed by atoms with van der Waals surface area (Å²) in [6, 6.07) is 11.6. The molecule has 0 aromatic heterocycles. The Morgan fingerprint density at radius 1 is 0.867 bits per heavy atom. The minimum Gasteiger partial charge on any atom is -0.505 e. The second-order valence-corrected chi connectivity index (χ2v) is 7.81. The van der Waals surface area contributed by atoms with E-state index in [1.165, 1.54) is 12.1 Å². The van der Waals surface area contributed by atoms with Crippen molar-refractivity contribution in [1.29, 1.82) is 0 Å². The highest BCUT2D eigenvalue weighted by Gasteiger charge is 2.55. The van der Waals surface area contributed by atoms with E-state index in [9.17, 15) is 28.2 Å². The Balaban J connectivity index is 1.69. The van der Waals surface area contributed by atoms with E-state index >= 15 is 0 Å². The van der Waals surface area contributed by atoms with Gasteiger partial charge in [-0.2, -0.15) is 13.2 Å². The first-order valence-electron chi connectivity index (χ1n) is 9.87. The fourth-order valence-corrected chi connectivity index (χ4v) is 4.49. The van der Waals surface area contributed by atoms with Crippen molar-refractivity contribution < 1.29 is 32.9 Å². The Labute approximate surface area is 171 Å². The Morgan fingerprint density at radius 3 is 1.87 bits per heavy atom. The van der Waals surface area contributed by atoms with Crippen LogP contribution in [0.5, 0.6) is 0 Å². The Kier molecular flexibility index (Phi) is 5.00. The van der Waals surface area contributed by atoms with E-state index in [0.29, 0.717) is 16.7 Å². The van der Waals surface area contributed by atoms with Crippen LogP contribution in [-0.2, 0) is 21.3 Å². The maximum atomic E-state index is 12.8. The number of alkyl halides is 3. The zero-order chi connectivity index (χ0) is 21.5. The number of aliphatic hydroxyl groups is 2. The zero-order valence-corrected chi connectivity index (χ0v) is 16.1. The molecule has 0 saturated heterocycles. The molecule has 158 valence electrons. The largest absolute Gasteiger partial charge is 0.505 e. The lowest BCUT2D eigenvalue weighted by Gasteiger charge is -2.38. The molecule has 1 heterocycles. The van der Waals surface area contributed by atoms with Crippen LogP contribution in [0, 0.1) is 5.92 Å². The number of rotatable bonds is 3. The summed E-state index contributed by atoms with van der Waals surface area (Å²) in [6.45, 7) is 0. The van der Waals surface area contributed by atoms with Gasteiger partial charge in [0.05, 0.1) is 5.56 Å². The van der Waals surface area contributed by atoms with Crippen molar-refractivity contribution in [3.63, 3.8) is 0 Å². The van der Waals surface area contributed by atoms with Gasteiger partial charge in [-0.3, -0.25) is 0 Å². The van der Waals surface area contributed by atoms with Gasteiger partial charge in [0.15, 0.2) is 5.76 Å². The van der Waals surface area contributed by atoms with E-state index in [0.717, 1.165) is 44.2 Å². The number of hydrogen-bond donors (Lipinski definition) is 2. The molecule has 0 amide bonds. The lowest BCUT2D eigenvalue weighted by Crippen LogP contribution is -2.39. The van der Waals surface area contributed by atoms with Crippen LogP contribution in [0.4, 0.5) is 13.2 Å². The van der Waals surface area contributed by atoms with Crippen LogP contribution >= 0.6 is 0 Å². The maximum Gasteiger partial charge on any atom is 0.416 e. The molecule has 0 bridgehead atoms. The first-order valence-corrected chi connectivity index (χ1v) is 9.87. The van der Waals surface area contributed by atoms with Gasteiger partial charge in [0.25, 0.3) is 0 Å². The molecule has 7 heteroatoms. The summed E-state index contributed by atoms with van der Waals surface area (Å²) >= 11 is 0. The standard InChI is InChI=1S/C23H21F3O4/c24-23(25,26)18-12-8-15(9-13-18)14-6-10-17(11-7-14)22(16-4-2-1-3-5-16)20(28)19(27)21(29)30-22/h6-13,16,27-28H,1-5H2. The van der Waals surface area contributed by atoms with E-state index in [4.69, 9.17) is 4.74 Å². The highest BCUT2D eigenvalue weighted by atomic mass is 19.4. The van der Waals surface area contributed by atoms with Crippen LogP contribution in [0.25, 0.3) is 11.1 Å². The van der Waals surface area contributed by atoms with Crippen LogP contribution in [0.15, 0.2) is 60.0 Å². The van der Waals surface area contributed by atoms with Crippen LogP contribution < -0.4 is 0 Å². The highest BCUT2D eigenvalue weighted by molar-refractivity contribution is 5.90. The number of esters is 1. The minimum atomic E-state index is -4.40. The molecular weight excluding hydrogens is 397 g/mol. The van der Waals surface area contributed by atoms with E-state index in [1.54, 1.807) is 24.3 Å². The Morgan fingerprint density at radius 2 is 1.40 bits per heavy atom. The number of aliphatic hydroxyl groups excluding tert-OH is 2. The monoisotopic (exact) mass is 418 g/mol. The van der Waals surface area contributed by atoms with Crippen LogP contribution in [0.3, 0.4) is 0 Å². The second-order valence-electron chi connectivity index (χ2n) is 7.81. The lowest BCUT2D eigenvalue weighted by molar-refractivity contribution is -0.157. The molecule has 1 unspecified atom stereocenters. The van der Waals surface area contributed by atoms with Gasteiger partial charge in [-0.25, -0.2) is 4.79 Å². The zero-order valence-electron chi connectivity index (χ0n) is 16.1. The van der Waals surface area contributed by atoms with Crippen molar-refractivity contribution >= 4 is 5.97 Å². The molecule has 1 aliphatic heterocycles. The second kappa shape index (κ2) is 7.38. The van der Waals surface area contributed by atoms with Crippen molar-refractivity contribution in [2.24, 2.45) is 5.92 Å². The van der Waals surface area contributed by atoms with Gasteiger partial charge in [0.2, 0.25) is 11.4 Å². The third-order valence-corrected chi connectivity index (χ3v) is 6.06. The molecule has 4 rings (SSSR count). The molecule has 0 spiro atoms. The van der Waals surface area contributed by atoms with Gasteiger partial charge >= 0.3 is 12.1 Å². The van der Waals surface area contributed by atoms with Crippen LogP contribution in [-0.4, -0.2) is 16.2 Å². The van der Waals surface area contributed by atoms with E-state index < -0.39 is 34.8 Å². The number of ether oxygens (including phenoxy) is 1. The topological polar surface area (TPSA) is 66.8 Å². The third-order valence-electron chi connectivity index (χ3n) is 6.06. The number of carbonyl (C=O) groups excluding carboxylic acids is 1.